The van der Waals surface area contributed by atoms with Gasteiger partial charge in [0.2, 0.25) is 5.88 Å². The fourth-order valence-electron chi connectivity index (χ4n) is 1.64. The van der Waals surface area contributed by atoms with E-state index in [0.29, 0.717) is 12.5 Å². The minimum Gasteiger partial charge on any atom is -0.473 e. The van der Waals surface area contributed by atoms with Crippen LogP contribution in [-0.2, 0) is 13.0 Å². The Bertz CT molecular complexity index is 561. The lowest BCUT2D eigenvalue weighted by Gasteiger charge is -2.07. The minimum atomic E-state index is 0.495. The number of benzene rings is 1. The van der Waals surface area contributed by atoms with E-state index >= 15 is 0 Å². The molecule has 3 nitrogen and oxygen atoms in total. The van der Waals surface area contributed by atoms with Crippen molar-refractivity contribution < 1.29 is 4.74 Å². The maximum atomic E-state index is 5.71. The van der Waals surface area contributed by atoms with Gasteiger partial charge in [0, 0.05) is 17.0 Å². The molecule has 0 fully saturated rings. The van der Waals surface area contributed by atoms with Gasteiger partial charge >= 0.3 is 0 Å². The molecule has 0 aliphatic rings. The van der Waals surface area contributed by atoms with E-state index in [0.717, 1.165) is 33.3 Å². The molecule has 0 amide bonds. The molecule has 0 aliphatic heterocycles. The lowest BCUT2D eigenvalue weighted by molar-refractivity contribution is 0.291. The summed E-state index contributed by atoms with van der Waals surface area (Å²) in [5, 5.41) is 0. The standard InChI is InChI=1S/C14H14Br2N2O/c1-2-4-13-17-12(16)8-14(18-13)19-9-10-5-3-6-11(15)7-10/h3,5-8H,2,4,9H2,1H3. The highest BCUT2D eigenvalue weighted by atomic mass is 79.9. The van der Waals surface area contributed by atoms with E-state index in [2.05, 4.69) is 48.8 Å². The summed E-state index contributed by atoms with van der Waals surface area (Å²) < 4.78 is 7.52. The molecule has 0 unspecified atom stereocenters. The molecule has 5 heteroatoms. The first-order valence-electron chi connectivity index (χ1n) is 6.08. The van der Waals surface area contributed by atoms with Gasteiger partial charge < -0.3 is 4.74 Å². The van der Waals surface area contributed by atoms with E-state index in [1.54, 1.807) is 6.07 Å². The Labute approximate surface area is 129 Å². The molecule has 2 aromatic rings. The van der Waals surface area contributed by atoms with Gasteiger partial charge in [0.05, 0.1) is 0 Å². The van der Waals surface area contributed by atoms with Crippen molar-refractivity contribution in [1.82, 2.24) is 9.97 Å². The van der Waals surface area contributed by atoms with Crippen molar-refractivity contribution >= 4 is 31.9 Å². The Kier molecular flexibility index (Phi) is 5.34. The first-order chi connectivity index (χ1) is 9.17. The summed E-state index contributed by atoms with van der Waals surface area (Å²) in [6.45, 7) is 2.60. The van der Waals surface area contributed by atoms with Crippen LogP contribution in [0.3, 0.4) is 0 Å². The molecule has 0 aliphatic carbocycles. The number of nitrogens with zero attached hydrogens (tertiary/aromatic N) is 2. The van der Waals surface area contributed by atoms with Crippen LogP contribution in [0, 0.1) is 0 Å². The highest BCUT2D eigenvalue weighted by Crippen LogP contribution is 2.18. The average Bonchev–Trinajstić information content (AvgIpc) is 2.36. The summed E-state index contributed by atoms with van der Waals surface area (Å²) in [5.41, 5.74) is 1.10. The minimum absolute atomic E-state index is 0.495. The molecular formula is C14H14Br2N2O. The average molecular weight is 386 g/mol. The summed E-state index contributed by atoms with van der Waals surface area (Å²) in [6, 6.07) is 9.82. The van der Waals surface area contributed by atoms with Crippen LogP contribution in [0.15, 0.2) is 39.4 Å². The molecule has 1 aromatic heterocycles. The van der Waals surface area contributed by atoms with Crippen LogP contribution in [0.1, 0.15) is 24.7 Å². The zero-order valence-electron chi connectivity index (χ0n) is 10.6. The normalized spacial score (nSPS) is 10.5. The van der Waals surface area contributed by atoms with Crippen LogP contribution in [-0.4, -0.2) is 9.97 Å². The Morgan fingerprint density at radius 2 is 2.00 bits per heavy atom. The molecule has 0 radical (unpaired) electrons. The molecule has 0 saturated heterocycles. The summed E-state index contributed by atoms with van der Waals surface area (Å²) in [6.07, 6.45) is 1.87. The maximum absolute atomic E-state index is 5.71. The molecule has 0 spiro atoms. The van der Waals surface area contributed by atoms with Gasteiger partial charge in [-0.1, -0.05) is 35.0 Å². The lowest BCUT2D eigenvalue weighted by Crippen LogP contribution is -2.01. The Hall–Kier alpha value is -0.940. The van der Waals surface area contributed by atoms with E-state index in [4.69, 9.17) is 4.74 Å². The van der Waals surface area contributed by atoms with Gasteiger partial charge in [-0.15, -0.1) is 0 Å². The van der Waals surface area contributed by atoms with Crippen molar-refractivity contribution in [2.75, 3.05) is 0 Å². The summed E-state index contributed by atoms with van der Waals surface area (Å²) in [4.78, 5) is 8.70. The van der Waals surface area contributed by atoms with Gasteiger partial charge in [0.1, 0.15) is 17.0 Å². The second kappa shape index (κ2) is 7.01. The number of hydrogen-bond acceptors (Lipinski definition) is 3. The van der Waals surface area contributed by atoms with E-state index in [-0.39, 0.29) is 0 Å². The van der Waals surface area contributed by atoms with Gasteiger partial charge in [-0.05, 0) is 40.0 Å². The number of aromatic nitrogens is 2. The third-order valence-corrected chi connectivity index (χ3v) is 3.37. The van der Waals surface area contributed by atoms with Gasteiger partial charge in [0.15, 0.2) is 0 Å². The molecular weight excluding hydrogens is 372 g/mol. The van der Waals surface area contributed by atoms with E-state index in [1.807, 2.05) is 24.3 Å². The molecule has 0 atom stereocenters. The maximum Gasteiger partial charge on any atom is 0.218 e. The summed E-state index contributed by atoms with van der Waals surface area (Å²) in [7, 11) is 0. The highest BCUT2D eigenvalue weighted by Gasteiger charge is 2.04. The van der Waals surface area contributed by atoms with Crippen LogP contribution >= 0.6 is 31.9 Å². The zero-order valence-corrected chi connectivity index (χ0v) is 13.7. The van der Waals surface area contributed by atoms with E-state index < -0.39 is 0 Å². The Balaban J connectivity index is 2.06. The zero-order chi connectivity index (χ0) is 13.7. The third-order valence-electron chi connectivity index (χ3n) is 2.47. The third kappa shape index (κ3) is 4.58. The highest BCUT2D eigenvalue weighted by molar-refractivity contribution is 9.10. The largest absolute Gasteiger partial charge is 0.473 e. The predicted molar refractivity (Wildman–Crippen MR) is 82.2 cm³/mol. The molecule has 0 N–H and O–H groups in total. The number of rotatable bonds is 5. The first-order valence-corrected chi connectivity index (χ1v) is 7.66. The second-order valence-corrected chi connectivity index (χ2v) is 5.84. The molecule has 0 saturated carbocycles. The fourth-order valence-corrected chi connectivity index (χ4v) is 2.48. The van der Waals surface area contributed by atoms with Crippen molar-refractivity contribution in [3.05, 3.63) is 50.8 Å². The summed E-state index contributed by atoms with van der Waals surface area (Å²) >= 11 is 6.83. The van der Waals surface area contributed by atoms with Gasteiger partial charge in [-0.25, -0.2) is 4.98 Å². The number of aryl methyl sites for hydroxylation is 1. The number of hydrogen-bond donors (Lipinski definition) is 0. The lowest BCUT2D eigenvalue weighted by atomic mass is 10.2. The van der Waals surface area contributed by atoms with Crippen molar-refractivity contribution in [2.24, 2.45) is 0 Å². The number of ether oxygens (including phenoxy) is 1. The van der Waals surface area contributed by atoms with Gasteiger partial charge in [0.25, 0.3) is 0 Å². The predicted octanol–water partition coefficient (Wildman–Crippen LogP) is 4.53. The quantitative estimate of drug-likeness (QED) is 0.709. The Morgan fingerprint density at radius 3 is 2.74 bits per heavy atom. The molecule has 100 valence electrons. The van der Waals surface area contributed by atoms with Crippen LogP contribution in [0.25, 0.3) is 0 Å². The molecule has 2 rings (SSSR count). The van der Waals surface area contributed by atoms with Crippen molar-refractivity contribution in [3.63, 3.8) is 0 Å². The second-order valence-electron chi connectivity index (χ2n) is 4.11. The van der Waals surface area contributed by atoms with Crippen molar-refractivity contribution in [1.29, 1.82) is 0 Å². The van der Waals surface area contributed by atoms with E-state index in [1.165, 1.54) is 0 Å². The van der Waals surface area contributed by atoms with Gasteiger partial charge in [-0.3, -0.25) is 0 Å². The van der Waals surface area contributed by atoms with Gasteiger partial charge in [-0.2, -0.15) is 4.98 Å². The molecule has 0 bridgehead atoms. The van der Waals surface area contributed by atoms with Crippen LogP contribution in [0.4, 0.5) is 0 Å². The SMILES string of the molecule is CCCc1nc(Br)cc(OCc2cccc(Br)c2)n1. The van der Waals surface area contributed by atoms with E-state index in [9.17, 15) is 0 Å². The summed E-state index contributed by atoms with van der Waals surface area (Å²) in [5.74, 6) is 1.41. The fraction of sp³-hybridized carbons (Fsp3) is 0.286. The van der Waals surface area contributed by atoms with Crippen molar-refractivity contribution in [3.8, 4) is 5.88 Å². The van der Waals surface area contributed by atoms with Crippen LogP contribution in [0.2, 0.25) is 0 Å². The molecule has 1 aromatic carbocycles. The Morgan fingerprint density at radius 1 is 1.16 bits per heavy atom. The number of halogens is 2. The van der Waals surface area contributed by atoms with Crippen LogP contribution in [0.5, 0.6) is 5.88 Å². The smallest absolute Gasteiger partial charge is 0.218 e. The first kappa shape index (κ1) is 14.5. The van der Waals surface area contributed by atoms with Crippen molar-refractivity contribution in [2.45, 2.75) is 26.4 Å². The monoisotopic (exact) mass is 384 g/mol. The molecule has 19 heavy (non-hydrogen) atoms. The van der Waals surface area contributed by atoms with Crippen LogP contribution < -0.4 is 4.74 Å². The molecule has 1 heterocycles. The topological polar surface area (TPSA) is 35.0 Å².